The van der Waals surface area contributed by atoms with Gasteiger partial charge in [0.05, 0.1) is 11.1 Å². The van der Waals surface area contributed by atoms with Gasteiger partial charge in [-0.15, -0.1) is 0 Å². The first-order chi connectivity index (χ1) is 10.2. The van der Waals surface area contributed by atoms with Gasteiger partial charge in [-0.1, -0.05) is 18.2 Å². The van der Waals surface area contributed by atoms with Crippen molar-refractivity contribution in [3.63, 3.8) is 0 Å². The van der Waals surface area contributed by atoms with Crippen molar-refractivity contribution in [2.45, 2.75) is 32.2 Å². The van der Waals surface area contributed by atoms with Crippen LogP contribution in [-0.4, -0.2) is 28.4 Å². The van der Waals surface area contributed by atoms with Crippen LogP contribution in [-0.2, 0) is 0 Å². The fourth-order valence-electron chi connectivity index (χ4n) is 2.98. The first-order valence-electron chi connectivity index (χ1n) is 7.38. The highest BCUT2D eigenvalue weighted by atomic mass is 16.2. The summed E-state index contributed by atoms with van der Waals surface area (Å²) in [6.45, 7) is 2.94. The van der Waals surface area contributed by atoms with Crippen LogP contribution < -0.4 is 11.3 Å². The largest absolute Gasteiger partial charge is 0.336 e. The molecule has 2 aromatic rings. The summed E-state index contributed by atoms with van der Waals surface area (Å²) in [5, 5.41) is 0.874. The Morgan fingerprint density at radius 2 is 2.19 bits per heavy atom. The molecule has 0 spiro atoms. The van der Waals surface area contributed by atoms with Gasteiger partial charge in [-0.2, -0.15) is 0 Å². The number of carbonyl (C=O) groups is 1. The van der Waals surface area contributed by atoms with E-state index in [0.717, 1.165) is 30.3 Å². The number of fused-ring (bicyclic) bond motifs is 1. The molecule has 110 valence electrons. The van der Waals surface area contributed by atoms with Gasteiger partial charge in [-0.25, -0.2) is 10.8 Å². The third-order valence-corrected chi connectivity index (χ3v) is 4.16. The molecule has 21 heavy (non-hydrogen) atoms. The van der Waals surface area contributed by atoms with E-state index in [1.807, 2.05) is 29.2 Å². The molecule has 3 N–H and O–H groups in total. The molecular weight excluding hydrogens is 264 g/mol. The predicted molar refractivity (Wildman–Crippen MR) is 83.9 cm³/mol. The average Bonchev–Trinajstić information content (AvgIpc) is 2.53. The fourth-order valence-corrected chi connectivity index (χ4v) is 2.98. The minimum Gasteiger partial charge on any atom is -0.336 e. The lowest BCUT2D eigenvalue weighted by Gasteiger charge is -2.33. The van der Waals surface area contributed by atoms with Crippen molar-refractivity contribution >= 4 is 22.6 Å². The van der Waals surface area contributed by atoms with Crippen LogP contribution in [0.2, 0.25) is 0 Å². The molecule has 1 unspecified atom stereocenters. The second kappa shape index (κ2) is 5.69. The maximum atomic E-state index is 12.9. The number of rotatable bonds is 2. The van der Waals surface area contributed by atoms with Crippen molar-refractivity contribution in [1.29, 1.82) is 0 Å². The molecule has 1 aromatic heterocycles. The number of likely N-dealkylation sites (tertiary alicyclic amines) is 1. The molecule has 1 atom stereocenters. The first-order valence-corrected chi connectivity index (χ1v) is 7.38. The Kier molecular flexibility index (Phi) is 3.75. The van der Waals surface area contributed by atoms with E-state index in [1.165, 1.54) is 6.42 Å². The minimum atomic E-state index is 0.0669. The predicted octanol–water partition coefficient (Wildman–Crippen LogP) is 2.54. The molecule has 1 aromatic carbocycles. The molecule has 0 aliphatic carbocycles. The Balaban J connectivity index is 2.07. The number of aromatic nitrogens is 1. The molecule has 2 heterocycles. The number of nitrogen functional groups attached to an aromatic ring is 1. The zero-order chi connectivity index (χ0) is 14.8. The number of carbonyl (C=O) groups excluding carboxylic acids is 1. The van der Waals surface area contributed by atoms with Crippen molar-refractivity contribution in [2.75, 3.05) is 12.0 Å². The molecule has 0 radical (unpaired) electrons. The van der Waals surface area contributed by atoms with E-state index in [1.54, 1.807) is 6.07 Å². The summed E-state index contributed by atoms with van der Waals surface area (Å²) in [6, 6.07) is 9.69. The monoisotopic (exact) mass is 284 g/mol. The standard InChI is InChI=1S/C16H20N4O/c1-11-6-4-5-9-20(11)16(21)13-10-15(19-17)18-14-8-3-2-7-12(13)14/h2-3,7-8,10-11H,4-6,9,17H2,1H3,(H,18,19). The molecule has 0 bridgehead atoms. The van der Waals surface area contributed by atoms with Gasteiger partial charge in [-0.05, 0) is 38.3 Å². The lowest BCUT2D eigenvalue weighted by Crippen LogP contribution is -2.42. The average molecular weight is 284 g/mol. The van der Waals surface area contributed by atoms with E-state index < -0.39 is 0 Å². The number of hydrogen-bond donors (Lipinski definition) is 2. The van der Waals surface area contributed by atoms with Gasteiger partial charge >= 0.3 is 0 Å². The van der Waals surface area contributed by atoms with Crippen LogP contribution >= 0.6 is 0 Å². The van der Waals surface area contributed by atoms with Crippen LogP contribution in [0.4, 0.5) is 5.82 Å². The highest BCUT2D eigenvalue weighted by molar-refractivity contribution is 6.07. The topological polar surface area (TPSA) is 71.2 Å². The van der Waals surface area contributed by atoms with E-state index in [-0.39, 0.29) is 11.9 Å². The number of nitrogens with two attached hydrogens (primary N) is 1. The van der Waals surface area contributed by atoms with Crippen LogP contribution in [0.1, 0.15) is 36.5 Å². The van der Waals surface area contributed by atoms with Gasteiger partial charge in [0.25, 0.3) is 5.91 Å². The molecular formula is C16H20N4O. The molecule has 0 saturated carbocycles. The Labute approximate surface area is 124 Å². The van der Waals surface area contributed by atoms with E-state index in [0.29, 0.717) is 11.4 Å². The van der Waals surface area contributed by atoms with Crippen LogP contribution in [0, 0.1) is 0 Å². The Morgan fingerprint density at radius 1 is 1.38 bits per heavy atom. The first kappa shape index (κ1) is 13.8. The summed E-state index contributed by atoms with van der Waals surface area (Å²) in [6.07, 6.45) is 3.33. The quantitative estimate of drug-likeness (QED) is 0.656. The normalized spacial score (nSPS) is 18.8. The van der Waals surface area contributed by atoms with Crippen LogP contribution in [0.15, 0.2) is 30.3 Å². The van der Waals surface area contributed by atoms with E-state index in [4.69, 9.17) is 5.84 Å². The number of hydrogen-bond acceptors (Lipinski definition) is 4. The maximum Gasteiger partial charge on any atom is 0.254 e. The molecule has 5 heteroatoms. The fraction of sp³-hybridized carbons (Fsp3) is 0.375. The minimum absolute atomic E-state index is 0.0669. The van der Waals surface area contributed by atoms with Crippen LogP contribution in [0.3, 0.4) is 0 Å². The van der Waals surface area contributed by atoms with Gasteiger partial charge in [0.1, 0.15) is 5.82 Å². The summed E-state index contributed by atoms with van der Waals surface area (Å²) in [5.41, 5.74) is 3.99. The van der Waals surface area contributed by atoms with Gasteiger partial charge in [0, 0.05) is 18.0 Å². The van der Waals surface area contributed by atoms with Crippen molar-refractivity contribution in [3.8, 4) is 0 Å². The van der Waals surface area contributed by atoms with Crippen molar-refractivity contribution in [2.24, 2.45) is 5.84 Å². The number of benzene rings is 1. The second-order valence-corrected chi connectivity index (χ2v) is 5.56. The number of para-hydroxylation sites is 1. The summed E-state index contributed by atoms with van der Waals surface area (Å²) in [5.74, 6) is 6.06. The van der Waals surface area contributed by atoms with Gasteiger partial charge in [0.15, 0.2) is 0 Å². The van der Waals surface area contributed by atoms with Crippen molar-refractivity contribution in [1.82, 2.24) is 9.88 Å². The summed E-state index contributed by atoms with van der Waals surface area (Å²) in [7, 11) is 0. The van der Waals surface area contributed by atoms with Crippen LogP contribution in [0.25, 0.3) is 10.9 Å². The number of anilines is 1. The third kappa shape index (κ3) is 2.56. The lowest BCUT2D eigenvalue weighted by molar-refractivity contribution is 0.0637. The molecule has 3 rings (SSSR count). The summed E-state index contributed by atoms with van der Waals surface area (Å²) >= 11 is 0. The zero-order valence-electron chi connectivity index (χ0n) is 12.2. The molecule has 5 nitrogen and oxygen atoms in total. The lowest BCUT2D eigenvalue weighted by atomic mass is 10.0. The Bertz CT molecular complexity index is 670. The Hall–Kier alpha value is -2.14. The highest BCUT2D eigenvalue weighted by Crippen LogP contribution is 2.25. The maximum absolute atomic E-state index is 12.9. The number of piperidine rings is 1. The number of pyridine rings is 1. The van der Waals surface area contributed by atoms with Gasteiger partial charge < -0.3 is 10.3 Å². The second-order valence-electron chi connectivity index (χ2n) is 5.56. The van der Waals surface area contributed by atoms with Gasteiger partial charge in [0.2, 0.25) is 0 Å². The number of amides is 1. The zero-order valence-corrected chi connectivity index (χ0v) is 12.2. The van der Waals surface area contributed by atoms with E-state index >= 15 is 0 Å². The third-order valence-electron chi connectivity index (χ3n) is 4.16. The summed E-state index contributed by atoms with van der Waals surface area (Å²) in [4.78, 5) is 19.3. The van der Waals surface area contributed by atoms with Crippen molar-refractivity contribution < 1.29 is 4.79 Å². The van der Waals surface area contributed by atoms with E-state index in [9.17, 15) is 4.79 Å². The van der Waals surface area contributed by atoms with Crippen molar-refractivity contribution in [3.05, 3.63) is 35.9 Å². The number of nitrogens with one attached hydrogen (secondary N) is 1. The van der Waals surface area contributed by atoms with Gasteiger partial charge in [-0.3, -0.25) is 4.79 Å². The number of hydrazine groups is 1. The molecule has 1 aliphatic rings. The summed E-state index contributed by atoms with van der Waals surface area (Å²) < 4.78 is 0. The SMILES string of the molecule is CC1CCCCN1C(=O)c1cc(NN)nc2ccccc12. The van der Waals surface area contributed by atoms with Crippen LogP contribution in [0.5, 0.6) is 0 Å². The molecule has 1 saturated heterocycles. The molecule has 1 fully saturated rings. The number of nitrogens with zero attached hydrogens (tertiary/aromatic N) is 2. The smallest absolute Gasteiger partial charge is 0.254 e. The molecule has 1 amide bonds. The Morgan fingerprint density at radius 3 is 2.95 bits per heavy atom. The highest BCUT2D eigenvalue weighted by Gasteiger charge is 2.25. The molecule has 1 aliphatic heterocycles. The van der Waals surface area contributed by atoms with E-state index in [2.05, 4.69) is 17.3 Å².